The Morgan fingerprint density at radius 3 is 2.30 bits per heavy atom. The minimum Gasteiger partial charge on any atom is -0.304 e. The van der Waals surface area contributed by atoms with E-state index in [0.29, 0.717) is 0 Å². The Bertz CT molecular complexity index is 1630. The van der Waals surface area contributed by atoms with E-state index in [1.165, 1.54) is 10.8 Å². The Hall–Kier alpha value is -3.79. The van der Waals surface area contributed by atoms with Crippen molar-refractivity contribution >= 4 is 38.5 Å². The number of rotatable bonds is 1. The van der Waals surface area contributed by atoms with Crippen molar-refractivity contribution in [2.24, 2.45) is 0 Å². The van der Waals surface area contributed by atoms with Gasteiger partial charge in [0.2, 0.25) is 5.78 Å². The number of aromatic nitrogens is 4. The van der Waals surface area contributed by atoms with E-state index in [0.717, 1.165) is 33.4 Å². The molecular formula is C28H18IrN4-2. The third kappa shape index (κ3) is 3.72. The predicted molar refractivity (Wildman–Crippen MR) is 129 cm³/mol. The molecule has 0 saturated carbocycles. The van der Waals surface area contributed by atoms with Crippen molar-refractivity contribution < 1.29 is 20.1 Å². The molecule has 4 nitrogen and oxygen atoms in total. The summed E-state index contributed by atoms with van der Waals surface area (Å²) in [4.78, 5) is 8.82. The van der Waals surface area contributed by atoms with Crippen molar-refractivity contribution in [2.75, 3.05) is 0 Å². The fourth-order valence-corrected chi connectivity index (χ4v) is 4.11. The fraction of sp³-hybridized carbons (Fsp3) is 0. The topological polar surface area (TPSA) is 35.1 Å². The molecule has 0 spiro atoms. The zero-order chi connectivity index (χ0) is 21.3. The van der Waals surface area contributed by atoms with Gasteiger partial charge in [0.15, 0.2) is 0 Å². The summed E-state index contributed by atoms with van der Waals surface area (Å²) < 4.78 is 4.21. The predicted octanol–water partition coefficient (Wildman–Crippen LogP) is 6.26. The maximum absolute atomic E-state index is 4.44. The van der Waals surface area contributed by atoms with Gasteiger partial charge in [0.05, 0.1) is 11.0 Å². The molecule has 0 aliphatic heterocycles. The minimum absolute atomic E-state index is 0. The maximum Gasteiger partial charge on any atom is 0.217 e. The van der Waals surface area contributed by atoms with Gasteiger partial charge in [-0.15, -0.1) is 41.1 Å². The zero-order valence-corrected chi connectivity index (χ0v) is 19.9. The fourth-order valence-electron chi connectivity index (χ4n) is 4.11. The number of para-hydroxylation sites is 3. The third-order valence-electron chi connectivity index (χ3n) is 5.54. The van der Waals surface area contributed by atoms with Gasteiger partial charge in [-0.05, 0) is 29.1 Å². The monoisotopic (exact) mass is 603 g/mol. The number of nitrogens with zero attached hydrogens (tertiary/aromatic N) is 4. The van der Waals surface area contributed by atoms with Gasteiger partial charge < -0.3 is 9.55 Å². The summed E-state index contributed by atoms with van der Waals surface area (Å²) in [6.45, 7) is 0. The van der Waals surface area contributed by atoms with Crippen LogP contribution in [0.1, 0.15) is 0 Å². The summed E-state index contributed by atoms with van der Waals surface area (Å²) in [6.07, 6.45) is 5.63. The Morgan fingerprint density at radius 1 is 0.636 bits per heavy atom. The molecule has 3 heterocycles. The summed E-state index contributed by atoms with van der Waals surface area (Å²) in [6, 6.07) is 37.0. The molecule has 7 rings (SSSR count). The van der Waals surface area contributed by atoms with Crippen molar-refractivity contribution in [3.05, 3.63) is 122 Å². The maximum atomic E-state index is 4.44. The number of benzene rings is 4. The van der Waals surface area contributed by atoms with Gasteiger partial charge in [-0.3, -0.25) is 4.40 Å². The van der Waals surface area contributed by atoms with Crippen LogP contribution in [0.15, 0.2) is 110 Å². The van der Waals surface area contributed by atoms with Crippen molar-refractivity contribution in [1.29, 1.82) is 0 Å². The normalized spacial score (nSPS) is 10.8. The number of pyridine rings is 1. The molecule has 0 amide bonds. The number of fused-ring (bicyclic) bond motifs is 6. The minimum atomic E-state index is 0. The van der Waals surface area contributed by atoms with Crippen LogP contribution in [0.2, 0.25) is 0 Å². The van der Waals surface area contributed by atoms with Gasteiger partial charge in [0.25, 0.3) is 0 Å². The SMILES string of the molecule is [Ir].[c-]1cccc2ccc3cccnc3c12.[c-]1ccccc1-n1c2ccccc2n2ccnc12. The quantitative estimate of drug-likeness (QED) is 0.164. The van der Waals surface area contributed by atoms with Crippen LogP contribution < -0.4 is 0 Å². The van der Waals surface area contributed by atoms with Gasteiger partial charge >= 0.3 is 0 Å². The van der Waals surface area contributed by atoms with Gasteiger partial charge in [-0.1, -0.05) is 36.0 Å². The Kier molecular flexibility index (Phi) is 5.74. The Morgan fingerprint density at radius 2 is 1.42 bits per heavy atom. The van der Waals surface area contributed by atoms with Crippen LogP contribution in [0.25, 0.3) is 44.2 Å². The van der Waals surface area contributed by atoms with Gasteiger partial charge in [-0.25, -0.2) is 4.98 Å². The Balaban J connectivity index is 0.000000138. The van der Waals surface area contributed by atoms with Gasteiger partial charge in [-0.2, -0.15) is 24.3 Å². The molecule has 161 valence electrons. The average Bonchev–Trinajstić information content (AvgIpc) is 3.46. The molecule has 0 N–H and O–H groups in total. The van der Waals surface area contributed by atoms with Crippen molar-refractivity contribution in [2.45, 2.75) is 0 Å². The van der Waals surface area contributed by atoms with Crippen LogP contribution in [0.4, 0.5) is 0 Å². The molecule has 5 heteroatoms. The summed E-state index contributed by atoms with van der Waals surface area (Å²) >= 11 is 0. The summed E-state index contributed by atoms with van der Waals surface area (Å²) in [5.41, 5.74) is 4.34. The van der Waals surface area contributed by atoms with E-state index >= 15 is 0 Å². The van der Waals surface area contributed by atoms with Crippen LogP contribution in [0, 0.1) is 12.1 Å². The van der Waals surface area contributed by atoms with Crippen LogP contribution >= 0.6 is 0 Å². The molecule has 0 atom stereocenters. The standard InChI is InChI=1S/C15H10N3.C13H8N.Ir/c1-2-6-12(7-3-1)18-14-9-5-4-8-13(14)17-11-10-16-15(17)18;1-2-6-12-10(4-1)7-8-11-5-3-9-14-13(11)12;/h1-6,8-11H;1-5,7-9H;/q2*-1;. The Labute approximate surface area is 204 Å². The summed E-state index contributed by atoms with van der Waals surface area (Å²) in [7, 11) is 0. The van der Waals surface area contributed by atoms with Gasteiger partial charge in [0.1, 0.15) is 0 Å². The molecule has 0 saturated heterocycles. The summed E-state index contributed by atoms with van der Waals surface area (Å²) in [5, 5.41) is 3.46. The van der Waals surface area contributed by atoms with E-state index < -0.39 is 0 Å². The van der Waals surface area contributed by atoms with Gasteiger partial charge in [0, 0.05) is 38.7 Å². The molecule has 0 aliphatic rings. The van der Waals surface area contributed by atoms with E-state index in [9.17, 15) is 0 Å². The molecule has 3 aromatic heterocycles. The summed E-state index contributed by atoms with van der Waals surface area (Å²) in [5.74, 6) is 0.915. The van der Waals surface area contributed by atoms with Crippen molar-refractivity contribution in [3.8, 4) is 5.69 Å². The van der Waals surface area contributed by atoms with Crippen molar-refractivity contribution in [1.82, 2.24) is 18.9 Å². The molecular weight excluding hydrogens is 585 g/mol. The third-order valence-corrected chi connectivity index (χ3v) is 5.54. The molecule has 7 aromatic rings. The number of hydrogen-bond acceptors (Lipinski definition) is 2. The van der Waals surface area contributed by atoms with E-state index in [4.69, 9.17) is 0 Å². The molecule has 1 radical (unpaired) electrons. The first kappa shape index (κ1) is 21.1. The molecule has 0 bridgehead atoms. The van der Waals surface area contributed by atoms with Crippen LogP contribution in [-0.4, -0.2) is 18.9 Å². The smallest absolute Gasteiger partial charge is 0.217 e. The van der Waals surface area contributed by atoms with E-state index in [1.807, 2.05) is 73.2 Å². The number of imidazole rings is 2. The largest absolute Gasteiger partial charge is 0.304 e. The van der Waals surface area contributed by atoms with Crippen molar-refractivity contribution in [3.63, 3.8) is 0 Å². The first-order valence-corrected chi connectivity index (χ1v) is 10.4. The van der Waals surface area contributed by atoms with E-state index in [1.54, 1.807) is 0 Å². The first-order chi connectivity index (χ1) is 15.9. The molecule has 4 aromatic carbocycles. The second kappa shape index (κ2) is 8.99. The molecule has 0 fully saturated rings. The van der Waals surface area contributed by atoms with E-state index in [2.05, 4.69) is 67.5 Å². The zero-order valence-electron chi connectivity index (χ0n) is 17.5. The first-order valence-electron chi connectivity index (χ1n) is 10.4. The molecule has 33 heavy (non-hydrogen) atoms. The van der Waals surface area contributed by atoms with Crippen LogP contribution in [0.3, 0.4) is 0 Å². The van der Waals surface area contributed by atoms with E-state index in [-0.39, 0.29) is 20.1 Å². The average molecular weight is 603 g/mol. The van der Waals surface area contributed by atoms with Crippen LogP contribution in [-0.2, 0) is 20.1 Å². The second-order valence-corrected chi connectivity index (χ2v) is 7.44. The van der Waals surface area contributed by atoms with Crippen LogP contribution in [0.5, 0.6) is 0 Å². The second-order valence-electron chi connectivity index (χ2n) is 7.44. The number of hydrogen-bond donors (Lipinski definition) is 0. The molecule has 0 aliphatic carbocycles. The molecule has 0 unspecified atom stereocenters.